The highest BCUT2D eigenvalue weighted by Crippen LogP contribution is 2.29. The van der Waals surface area contributed by atoms with E-state index in [4.69, 9.17) is 12.2 Å². The van der Waals surface area contributed by atoms with E-state index in [0.29, 0.717) is 10.7 Å². The maximum atomic E-state index is 5.56. The topological polar surface area (TPSA) is 32.8 Å². The molecular weight excluding hydrogens is 302 g/mol. The van der Waals surface area contributed by atoms with Crippen molar-refractivity contribution >= 4 is 17.9 Å². The van der Waals surface area contributed by atoms with Crippen molar-refractivity contribution in [3.05, 3.63) is 70.6 Å². The van der Waals surface area contributed by atoms with Crippen molar-refractivity contribution in [3.63, 3.8) is 0 Å². The Kier molecular flexibility index (Phi) is 4.35. The van der Waals surface area contributed by atoms with Gasteiger partial charge >= 0.3 is 0 Å². The summed E-state index contributed by atoms with van der Waals surface area (Å²) >= 11 is 5.56. The lowest BCUT2D eigenvalue weighted by atomic mass is 10.0. The van der Waals surface area contributed by atoms with Crippen LogP contribution in [0.1, 0.15) is 31.0 Å². The summed E-state index contributed by atoms with van der Waals surface area (Å²) in [6, 6.07) is 18.6. The Morgan fingerprint density at radius 3 is 2.43 bits per heavy atom. The van der Waals surface area contributed by atoms with Crippen molar-refractivity contribution in [1.82, 2.24) is 9.66 Å². The molecule has 0 fully saturated rings. The molecule has 0 amide bonds. The van der Waals surface area contributed by atoms with Gasteiger partial charge in [0.15, 0.2) is 4.77 Å². The second kappa shape index (κ2) is 6.42. The third-order valence-corrected chi connectivity index (χ3v) is 4.09. The molecule has 3 rings (SSSR count). The van der Waals surface area contributed by atoms with Crippen LogP contribution in [0.2, 0.25) is 0 Å². The minimum atomic E-state index is 0.354. The molecule has 0 radical (unpaired) electrons. The molecule has 2 N–H and O–H groups in total. The molecule has 0 spiro atoms. The van der Waals surface area contributed by atoms with Crippen molar-refractivity contribution < 1.29 is 0 Å². The summed E-state index contributed by atoms with van der Waals surface area (Å²) in [6.07, 6.45) is 0. The molecule has 2 aromatic carbocycles. The number of nitrogens with one attached hydrogen (secondary N) is 2. The van der Waals surface area contributed by atoms with E-state index in [9.17, 15) is 0 Å². The first-order chi connectivity index (χ1) is 11.1. The number of hydrogen-bond donors (Lipinski definition) is 2. The zero-order valence-corrected chi connectivity index (χ0v) is 14.4. The first-order valence-electron chi connectivity index (χ1n) is 7.80. The standard InChI is InChI=1S/C19H21N3S/c1-13(2)17-18(15-9-5-4-6-10-15)22(19(23)20-17)21-16-11-7-8-14(3)12-16/h4-13,21H,1-3H3,(H,20,23). The molecule has 3 aromatic rings. The van der Waals surface area contributed by atoms with Crippen LogP contribution < -0.4 is 5.43 Å². The highest BCUT2D eigenvalue weighted by molar-refractivity contribution is 7.71. The van der Waals surface area contributed by atoms with Gasteiger partial charge in [-0.2, -0.15) is 0 Å². The fraction of sp³-hybridized carbons (Fsp3) is 0.211. The van der Waals surface area contributed by atoms with E-state index >= 15 is 0 Å². The van der Waals surface area contributed by atoms with Gasteiger partial charge in [0.1, 0.15) is 0 Å². The molecule has 0 atom stereocenters. The van der Waals surface area contributed by atoms with Crippen molar-refractivity contribution in [3.8, 4) is 11.3 Å². The summed E-state index contributed by atoms with van der Waals surface area (Å²) in [6.45, 7) is 6.42. The van der Waals surface area contributed by atoms with Gasteiger partial charge in [0.2, 0.25) is 0 Å². The van der Waals surface area contributed by atoms with E-state index in [-0.39, 0.29) is 0 Å². The molecule has 0 aliphatic heterocycles. The van der Waals surface area contributed by atoms with Crippen LogP contribution in [0.25, 0.3) is 11.3 Å². The van der Waals surface area contributed by atoms with Gasteiger partial charge in [0.25, 0.3) is 0 Å². The lowest BCUT2D eigenvalue weighted by Gasteiger charge is -2.14. The monoisotopic (exact) mass is 323 g/mol. The van der Waals surface area contributed by atoms with E-state index in [1.807, 2.05) is 35.0 Å². The molecule has 0 bridgehead atoms. The average molecular weight is 323 g/mol. The first-order valence-corrected chi connectivity index (χ1v) is 8.21. The van der Waals surface area contributed by atoms with E-state index in [1.165, 1.54) is 5.56 Å². The number of hydrogen-bond acceptors (Lipinski definition) is 2. The number of rotatable bonds is 4. The third kappa shape index (κ3) is 3.22. The van der Waals surface area contributed by atoms with Crippen LogP contribution in [0, 0.1) is 11.7 Å². The summed E-state index contributed by atoms with van der Waals surface area (Å²) in [5, 5.41) is 0. The first kappa shape index (κ1) is 15.6. The number of aryl methyl sites for hydroxylation is 1. The van der Waals surface area contributed by atoms with Crippen molar-refractivity contribution in [1.29, 1.82) is 0 Å². The quantitative estimate of drug-likeness (QED) is 0.620. The van der Waals surface area contributed by atoms with Gasteiger partial charge in [-0.1, -0.05) is 56.3 Å². The molecule has 0 unspecified atom stereocenters. The maximum Gasteiger partial charge on any atom is 0.197 e. The predicted molar refractivity (Wildman–Crippen MR) is 99.3 cm³/mol. The van der Waals surface area contributed by atoms with Gasteiger partial charge in [0.05, 0.1) is 11.4 Å². The number of anilines is 1. The predicted octanol–water partition coefficient (Wildman–Crippen LogP) is 5.52. The number of benzene rings is 2. The zero-order chi connectivity index (χ0) is 16.4. The average Bonchev–Trinajstić information content (AvgIpc) is 2.85. The van der Waals surface area contributed by atoms with Crippen molar-refractivity contribution in [2.75, 3.05) is 5.43 Å². The Morgan fingerprint density at radius 1 is 1.04 bits per heavy atom. The zero-order valence-electron chi connectivity index (χ0n) is 13.6. The van der Waals surface area contributed by atoms with Crippen LogP contribution >= 0.6 is 12.2 Å². The van der Waals surface area contributed by atoms with Gasteiger partial charge in [-0.25, -0.2) is 4.68 Å². The number of imidazole rings is 1. The maximum absolute atomic E-state index is 5.56. The minimum Gasteiger partial charge on any atom is -0.332 e. The van der Waals surface area contributed by atoms with Gasteiger partial charge in [-0.3, -0.25) is 5.43 Å². The summed E-state index contributed by atoms with van der Waals surface area (Å²) in [7, 11) is 0. The summed E-state index contributed by atoms with van der Waals surface area (Å²) in [5.41, 5.74) is 9.04. The van der Waals surface area contributed by atoms with E-state index in [1.54, 1.807) is 0 Å². The molecule has 3 nitrogen and oxygen atoms in total. The Hall–Kier alpha value is -2.33. The smallest absolute Gasteiger partial charge is 0.197 e. The Labute approximate surface area is 142 Å². The molecule has 1 aromatic heterocycles. The number of H-pyrrole nitrogens is 1. The molecule has 23 heavy (non-hydrogen) atoms. The molecular formula is C19H21N3S. The molecule has 0 saturated heterocycles. The Morgan fingerprint density at radius 2 is 1.78 bits per heavy atom. The van der Waals surface area contributed by atoms with Gasteiger partial charge in [-0.15, -0.1) is 0 Å². The van der Waals surface area contributed by atoms with E-state index in [2.05, 4.69) is 55.4 Å². The highest BCUT2D eigenvalue weighted by Gasteiger charge is 2.16. The van der Waals surface area contributed by atoms with Crippen LogP contribution in [0.5, 0.6) is 0 Å². The molecule has 0 saturated carbocycles. The highest BCUT2D eigenvalue weighted by atomic mass is 32.1. The van der Waals surface area contributed by atoms with Crippen LogP contribution in [0.3, 0.4) is 0 Å². The summed E-state index contributed by atoms with van der Waals surface area (Å²) < 4.78 is 2.64. The molecule has 0 aliphatic rings. The SMILES string of the molecule is Cc1cccc(Nn2c(-c3ccccc3)c(C(C)C)[nH]c2=S)c1. The van der Waals surface area contributed by atoms with E-state index < -0.39 is 0 Å². The van der Waals surface area contributed by atoms with Crippen molar-refractivity contribution in [2.45, 2.75) is 26.7 Å². The van der Waals surface area contributed by atoms with Crippen molar-refractivity contribution in [2.24, 2.45) is 0 Å². The van der Waals surface area contributed by atoms with Gasteiger partial charge in [0, 0.05) is 11.3 Å². The van der Waals surface area contributed by atoms with Gasteiger partial charge < -0.3 is 4.98 Å². The molecule has 0 aliphatic carbocycles. The second-order valence-corrected chi connectivity index (χ2v) is 6.42. The van der Waals surface area contributed by atoms with E-state index in [0.717, 1.165) is 22.6 Å². The van der Waals surface area contributed by atoms with Crippen LogP contribution in [0.4, 0.5) is 5.69 Å². The van der Waals surface area contributed by atoms with Crippen LogP contribution in [-0.4, -0.2) is 9.66 Å². The summed E-state index contributed by atoms with van der Waals surface area (Å²) in [5.74, 6) is 0.354. The third-order valence-electron chi connectivity index (χ3n) is 3.81. The normalized spacial score (nSPS) is 11.0. The number of nitrogens with zero attached hydrogens (tertiary/aromatic N) is 1. The van der Waals surface area contributed by atoms with Crippen LogP contribution in [0.15, 0.2) is 54.6 Å². The molecule has 4 heteroatoms. The summed E-state index contributed by atoms with van der Waals surface area (Å²) in [4.78, 5) is 3.36. The largest absolute Gasteiger partial charge is 0.332 e. The lowest BCUT2D eigenvalue weighted by Crippen LogP contribution is -2.11. The fourth-order valence-corrected chi connectivity index (χ4v) is 2.95. The Bertz CT molecular complexity index is 860. The molecule has 118 valence electrons. The van der Waals surface area contributed by atoms with Crippen LogP contribution in [-0.2, 0) is 0 Å². The number of aromatic nitrogens is 2. The van der Waals surface area contributed by atoms with Gasteiger partial charge in [-0.05, 0) is 42.8 Å². The minimum absolute atomic E-state index is 0.354. The molecule has 1 heterocycles. The fourth-order valence-electron chi connectivity index (χ4n) is 2.70. The lowest BCUT2D eigenvalue weighted by molar-refractivity contribution is 0.833. The number of aromatic amines is 1. The Balaban J connectivity index is 2.15. The second-order valence-electron chi connectivity index (χ2n) is 6.03.